The lowest BCUT2D eigenvalue weighted by molar-refractivity contribution is -0.275. The van der Waals surface area contributed by atoms with Crippen molar-refractivity contribution in [3.63, 3.8) is 0 Å². The van der Waals surface area contributed by atoms with Gasteiger partial charge in [0.1, 0.15) is 47.1 Å². The molecule has 2 N–H and O–H groups in total. The Bertz CT molecular complexity index is 1650. The van der Waals surface area contributed by atoms with Gasteiger partial charge in [-0.2, -0.15) is 13.2 Å². The lowest BCUT2D eigenvalue weighted by atomic mass is 9.83. The van der Waals surface area contributed by atoms with E-state index < -0.39 is 35.8 Å². The molecule has 0 bridgehead atoms. The topological polar surface area (TPSA) is 93.9 Å². The lowest BCUT2D eigenvalue weighted by Crippen LogP contribution is -2.49. The minimum atomic E-state index is -4.77. The Labute approximate surface area is 297 Å². The van der Waals surface area contributed by atoms with Gasteiger partial charge in [0.2, 0.25) is 0 Å². The average molecular weight is 849 g/mol. The Kier molecular flexibility index (Phi) is 11.8. The van der Waals surface area contributed by atoms with E-state index in [1.165, 1.54) is 35.2 Å². The number of aromatic nitrogens is 2. The summed E-state index contributed by atoms with van der Waals surface area (Å²) in [5, 5.41) is 21.9. The van der Waals surface area contributed by atoms with Crippen molar-refractivity contribution >= 4 is 54.5 Å². The van der Waals surface area contributed by atoms with Crippen molar-refractivity contribution in [3.8, 4) is 17.2 Å². The van der Waals surface area contributed by atoms with E-state index >= 15 is 0 Å². The Balaban J connectivity index is 0.000000217. The summed E-state index contributed by atoms with van der Waals surface area (Å²) in [7, 11) is 0. The van der Waals surface area contributed by atoms with Crippen LogP contribution in [0.1, 0.15) is 42.0 Å². The number of hydrogen-bond donors (Lipinski definition) is 2. The zero-order valence-electron chi connectivity index (χ0n) is 25.5. The molecule has 1 aliphatic carbocycles. The molecule has 0 amide bonds. The zero-order chi connectivity index (χ0) is 35.5. The van der Waals surface area contributed by atoms with Crippen LogP contribution in [-0.4, -0.2) is 45.9 Å². The fourth-order valence-electron chi connectivity index (χ4n) is 4.80. The van der Waals surface area contributed by atoms with E-state index in [2.05, 4.69) is 46.6 Å². The van der Waals surface area contributed by atoms with E-state index in [4.69, 9.17) is 9.47 Å². The maximum atomic E-state index is 13.6. The fraction of sp³-hybridized carbons (Fsp3) is 0.419. The van der Waals surface area contributed by atoms with Crippen LogP contribution in [0.15, 0.2) is 68.8 Å². The number of ether oxygens (including phenoxy) is 3. The zero-order valence-corrected chi connectivity index (χ0v) is 30.3. The molecular formula is C31H30Br2F6N2O5S2. The molecule has 2 unspecified atom stereocenters. The number of hydrogen-bond acceptors (Lipinski definition) is 9. The molecule has 17 heteroatoms. The van der Waals surface area contributed by atoms with Crippen LogP contribution in [0.25, 0.3) is 0 Å². The Morgan fingerprint density at radius 2 is 1.46 bits per heavy atom. The van der Waals surface area contributed by atoms with E-state index in [0.29, 0.717) is 16.4 Å². The van der Waals surface area contributed by atoms with Crippen molar-refractivity contribution in [2.75, 3.05) is 13.2 Å². The van der Waals surface area contributed by atoms with E-state index in [-0.39, 0.29) is 40.5 Å². The van der Waals surface area contributed by atoms with Crippen LogP contribution >= 0.6 is 54.5 Å². The highest BCUT2D eigenvalue weighted by Gasteiger charge is 2.74. The molecule has 0 saturated heterocycles. The number of nitrogens with zero attached hydrogens (tertiary/aromatic N) is 2. The van der Waals surface area contributed by atoms with Gasteiger partial charge in [-0.05, 0) is 83.6 Å². The molecule has 48 heavy (non-hydrogen) atoms. The summed E-state index contributed by atoms with van der Waals surface area (Å²) in [4.78, 5) is 8.62. The van der Waals surface area contributed by atoms with Gasteiger partial charge in [0.05, 0.1) is 25.2 Å². The first-order valence-electron chi connectivity index (χ1n) is 14.2. The molecular weight excluding hydrogens is 818 g/mol. The molecule has 0 radical (unpaired) electrons. The van der Waals surface area contributed by atoms with Gasteiger partial charge in [0.15, 0.2) is 0 Å². The molecule has 0 spiro atoms. The molecule has 4 aromatic rings. The van der Waals surface area contributed by atoms with Crippen LogP contribution in [0.3, 0.4) is 0 Å². The minimum absolute atomic E-state index is 0.0568. The maximum Gasteiger partial charge on any atom is 0.573 e. The molecule has 1 fully saturated rings. The second-order valence-corrected chi connectivity index (χ2v) is 14.9. The highest BCUT2D eigenvalue weighted by molar-refractivity contribution is 9.10. The minimum Gasteiger partial charge on any atom is -0.490 e. The van der Waals surface area contributed by atoms with Gasteiger partial charge in [-0.15, -0.1) is 35.8 Å². The van der Waals surface area contributed by atoms with Crippen LogP contribution < -0.4 is 14.2 Å². The van der Waals surface area contributed by atoms with Crippen molar-refractivity contribution < 1.29 is 50.8 Å². The number of aliphatic hydroxyl groups is 2. The first kappa shape index (κ1) is 38.4. The SMILES string of the molecule is CC(C)C(O)(COc1ccc(OC(F)(F)F)c(Br)c1)c1cncs1.Cc1cc(Br)ccc1OCC(O)(c1cncs1)C1(C(F)(F)F)CC1. The summed E-state index contributed by atoms with van der Waals surface area (Å²) in [5.41, 5.74) is -1.76. The van der Waals surface area contributed by atoms with Crippen molar-refractivity contribution in [1.82, 2.24) is 9.97 Å². The highest BCUT2D eigenvalue weighted by atomic mass is 79.9. The molecule has 2 aromatic carbocycles. The van der Waals surface area contributed by atoms with Crippen molar-refractivity contribution in [2.24, 2.45) is 11.3 Å². The van der Waals surface area contributed by atoms with Crippen molar-refractivity contribution in [3.05, 3.63) is 84.1 Å². The summed E-state index contributed by atoms with van der Waals surface area (Å²) >= 11 is 8.65. The quantitative estimate of drug-likeness (QED) is 0.145. The third-order valence-electron chi connectivity index (χ3n) is 7.90. The van der Waals surface area contributed by atoms with Gasteiger partial charge in [-0.1, -0.05) is 29.8 Å². The maximum absolute atomic E-state index is 13.6. The average Bonchev–Trinajstić information content (AvgIpc) is 3.37. The van der Waals surface area contributed by atoms with Crippen LogP contribution in [0.4, 0.5) is 26.3 Å². The summed E-state index contributed by atoms with van der Waals surface area (Å²) in [5.74, 6) is 0.241. The number of alkyl halides is 6. The van der Waals surface area contributed by atoms with Gasteiger partial charge < -0.3 is 24.4 Å². The standard InChI is InChI=1S/C16H15BrF3NO2S.C15H15BrF3NO3S/c1-10-6-11(17)2-3-12(10)23-8-15(22,13-7-21-9-24-13)14(4-5-14)16(18,19)20;1-9(2)14(21,13-6-20-8-24-13)7-22-10-3-4-12(11(16)5-10)23-15(17,18)19/h2-3,6-7,9,22H,4-5,8H2,1H3;3-6,8-9,21H,7H2,1-2H3. The summed E-state index contributed by atoms with van der Waals surface area (Å²) in [6.45, 7) is 4.96. The molecule has 7 nitrogen and oxygen atoms in total. The first-order valence-corrected chi connectivity index (χ1v) is 17.5. The predicted octanol–water partition coefficient (Wildman–Crippen LogP) is 9.55. The Hall–Kier alpha value is -2.44. The summed E-state index contributed by atoms with van der Waals surface area (Å²) in [6.07, 6.45) is -6.65. The van der Waals surface area contributed by atoms with E-state index in [1.54, 1.807) is 36.8 Å². The molecule has 2 atom stereocenters. The second-order valence-electron chi connectivity index (χ2n) is 11.4. The third kappa shape index (κ3) is 8.64. The largest absolute Gasteiger partial charge is 0.573 e. The van der Waals surface area contributed by atoms with Crippen LogP contribution in [0.5, 0.6) is 17.2 Å². The third-order valence-corrected chi connectivity index (χ3v) is 10.9. The molecule has 1 aliphatic rings. The normalized spacial score (nSPS) is 16.7. The Morgan fingerprint density at radius 1 is 0.854 bits per heavy atom. The van der Waals surface area contributed by atoms with Gasteiger partial charge in [0.25, 0.3) is 0 Å². The molecule has 0 aliphatic heterocycles. The van der Waals surface area contributed by atoms with Gasteiger partial charge in [0, 0.05) is 16.9 Å². The van der Waals surface area contributed by atoms with Gasteiger partial charge in [-0.3, -0.25) is 9.97 Å². The van der Waals surface area contributed by atoms with E-state index in [1.807, 2.05) is 13.8 Å². The first-order chi connectivity index (χ1) is 22.3. The lowest BCUT2D eigenvalue weighted by Gasteiger charge is -2.36. The number of benzene rings is 2. The molecule has 2 heterocycles. The monoisotopic (exact) mass is 846 g/mol. The number of rotatable bonds is 11. The Morgan fingerprint density at radius 3 is 1.94 bits per heavy atom. The summed E-state index contributed by atoms with van der Waals surface area (Å²) < 4.78 is 93.6. The smallest absolute Gasteiger partial charge is 0.490 e. The molecule has 1 saturated carbocycles. The molecule has 262 valence electrons. The second kappa shape index (κ2) is 14.8. The van der Waals surface area contributed by atoms with Crippen molar-refractivity contribution in [2.45, 2.75) is 57.4 Å². The fourth-order valence-corrected chi connectivity index (χ4v) is 7.38. The van der Waals surface area contributed by atoms with E-state index in [9.17, 15) is 36.6 Å². The summed E-state index contributed by atoms with van der Waals surface area (Å²) in [6, 6.07) is 9.06. The highest BCUT2D eigenvalue weighted by Crippen LogP contribution is 2.67. The van der Waals surface area contributed by atoms with Crippen LogP contribution in [0, 0.1) is 18.3 Å². The van der Waals surface area contributed by atoms with Gasteiger partial charge in [-0.25, -0.2) is 0 Å². The molecule has 2 aromatic heterocycles. The van der Waals surface area contributed by atoms with Gasteiger partial charge >= 0.3 is 12.5 Å². The number of halogens is 8. The van der Waals surface area contributed by atoms with Crippen molar-refractivity contribution in [1.29, 1.82) is 0 Å². The molecule has 5 rings (SSSR count). The number of thiazole rings is 2. The number of aryl methyl sites for hydroxylation is 1. The van der Waals surface area contributed by atoms with Crippen LogP contribution in [0.2, 0.25) is 0 Å². The van der Waals surface area contributed by atoms with E-state index in [0.717, 1.165) is 27.4 Å². The predicted molar refractivity (Wildman–Crippen MR) is 175 cm³/mol. The van der Waals surface area contributed by atoms with Crippen LogP contribution in [-0.2, 0) is 11.2 Å².